The quantitative estimate of drug-likeness (QED) is 0.838. The topological polar surface area (TPSA) is 76.2 Å². The minimum absolute atomic E-state index is 0.186. The molecule has 3 rings (SSSR count). The van der Waals surface area contributed by atoms with Crippen molar-refractivity contribution in [2.45, 2.75) is 50.5 Å². The molecule has 1 aromatic heterocycles. The molecule has 1 aliphatic heterocycles. The van der Waals surface area contributed by atoms with Crippen molar-refractivity contribution in [1.29, 1.82) is 0 Å². The summed E-state index contributed by atoms with van der Waals surface area (Å²) in [4.78, 5) is 12.0. The van der Waals surface area contributed by atoms with E-state index < -0.39 is 6.10 Å². The number of aromatic amines is 1. The highest BCUT2D eigenvalue weighted by Gasteiger charge is 2.24. The second-order valence-corrected chi connectivity index (χ2v) is 5.82. The Morgan fingerprint density at radius 3 is 2.76 bits per heavy atom. The largest absolute Gasteiger partial charge is 0.376 e. The molecule has 0 radical (unpaired) electrons. The molecule has 2 N–H and O–H groups in total. The van der Waals surface area contributed by atoms with Crippen LogP contribution in [0.4, 0.5) is 5.82 Å². The lowest BCUT2D eigenvalue weighted by atomic mass is 9.97. The van der Waals surface area contributed by atoms with E-state index in [9.17, 15) is 4.79 Å². The van der Waals surface area contributed by atoms with E-state index in [-0.39, 0.29) is 5.91 Å². The van der Waals surface area contributed by atoms with Crippen LogP contribution < -0.4 is 5.32 Å². The van der Waals surface area contributed by atoms with E-state index in [0.29, 0.717) is 31.6 Å². The third-order valence-electron chi connectivity index (χ3n) is 4.25. The van der Waals surface area contributed by atoms with Gasteiger partial charge in [0.2, 0.25) is 0 Å². The number of nitrogens with zero attached hydrogens (tertiary/aromatic N) is 1. The summed E-state index contributed by atoms with van der Waals surface area (Å²) in [5, 5.41) is 10.1. The van der Waals surface area contributed by atoms with Crippen LogP contribution in [0.2, 0.25) is 0 Å². The van der Waals surface area contributed by atoms with Gasteiger partial charge >= 0.3 is 0 Å². The molecule has 116 valence electrons. The van der Waals surface area contributed by atoms with E-state index in [0.717, 1.165) is 5.69 Å². The van der Waals surface area contributed by atoms with Gasteiger partial charge in [-0.1, -0.05) is 25.7 Å². The van der Waals surface area contributed by atoms with E-state index in [2.05, 4.69) is 15.5 Å². The zero-order valence-corrected chi connectivity index (χ0v) is 12.3. The Morgan fingerprint density at radius 1 is 1.24 bits per heavy atom. The van der Waals surface area contributed by atoms with Crippen molar-refractivity contribution < 1.29 is 14.3 Å². The van der Waals surface area contributed by atoms with Crippen molar-refractivity contribution >= 4 is 11.7 Å². The van der Waals surface area contributed by atoms with Crippen molar-refractivity contribution in [2.24, 2.45) is 0 Å². The number of rotatable bonds is 3. The molecule has 1 unspecified atom stereocenters. The van der Waals surface area contributed by atoms with Gasteiger partial charge in [0.15, 0.2) is 11.9 Å². The smallest absolute Gasteiger partial charge is 0.257 e. The number of hydrogen-bond donors (Lipinski definition) is 2. The number of aromatic nitrogens is 2. The van der Waals surface area contributed by atoms with Crippen LogP contribution >= 0.6 is 0 Å². The van der Waals surface area contributed by atoms with Crippen LogP contribution in [0.15, 0.2) is 6.07 Å². The van der Waals surface area contributed by atoms with E-state index in [1.54, 1.807) is 0 Å². The van der Waals surface area contributed by atoms with Crippen LogP contribution in [0.5, 0.6) is 0 Å². The lowest BCUT2D eigenvalue weighted by molar-refractivity contribution is -0.142. The maximum Gasteiger partial charge on any atom is 0.257 e. The number of ether oxygens (including phenoxy) is 2. The summed E-state index contributed by atoms with van der Waals surface area (Å²) in [5.74, 6) is 0.932. The summed E-state index contributed by atoms with van der Waals surface area (Å²) in [6, 6.07) is 1.96. The molecule has 6 nitrogen and oxygen atoms in total. The van der Waals surface area contributed by atoms with E-state index in [4.69, 9.17) is 9.47 Å². The second-order valence-electron chi connectivity index (χ2n) is 5.82. The third-order valence-corrected chi connectivity index (χ3v) is 4.25. The number of hydrogen-bond acceptors (Lipinski definition) is 4. The molecule has 1 saturated carbocycles. The first-order chi connectivity index (χ1) is 10.3. The van der Waals surface area contributed by atoms with Gasteiger partial charge in [0, 0.05) is 17.7 Å². The number of H-pyrrole nitrogens is 1. The Labute approximate surface area is 124 Å². The second kappa shape index (κ2) is 7.04. The van der Waals surface area contributed by atoms with Gasteiger partial charge in [0.1, 0.15) is 0 Å². The highest BCUT2D eigenvalue weighted by atomic mass is 16.6. The maximum absolute atomic E-state index is 12.0. The number of amides is 1. The van der Waals surface area contributed by atoms with Crippen molar-refractivity contribution in [2.75, 3.05) is 25.1 Å². The van der Waals surface area contributed by atoms with E-state index in [1.165, 1.54) is 38.5 Å². The highest BCUT2D eigenvalue weighted by Crippen LogP contribution is 2.31. The molecule has 1 aromatic rings. The Morgan fingerprint density at radius 2 is 2.05 bits per heavy atom. The standard InChI is InChI=1S/C15H23N3O3/c19-15(13-10-20-7-8-21-13)16-14-9-12(17-18-14)11-5-3-1-2-4-6-11/h9,11,13H,1-8,10H2,(H2,16,17,18,19). The molecule has 0 spiro atoms. The van der Waals surface area contributed by atoms with Crippen molar-refractivity contribution in [3.8, 4) is 0 Å². The van der Waals surface area contributed by atoms with Crippen LogP contribution in [0, 0.1) is 0 Å². The molecular weight excluding hydrogens is 270 g/mol. The zero-order valence-electron chi connectivity index (χ0n) is 12.3. The minimum atomic E-state index is -0.531. The normalized spacial score (nSPS) is 24.5. The molecular formula is C15H23N3O3. The Hall–Kier alpha value is -1.40. The maximum atomic E-state index is 12.0. The molecule has 1 atom stereocenters. The van der Waals surface area contributed by atoms with Crippen LogP contribution in [0.3, 0.4) is 0 Å². The molecule has 1 aliphatic carbocycles. The van der Waals surface area contributed by atoms with Gasteiger partial charge in [-0.05, 0) is 12.8 Å². The van der Waals surface area contributed by atoms with Gasteiger partial charge in [-0.25, -0.2) is 0 Å². The summed E-state index contributed by atoms with van der Waals surface area (Å²) >= 11 is 0. The highest BCUT2D eigenvalue weighted by molar-refractivity contribution is 5.93. The Bertz CT molecular complexity index is 460. The van der Waals surface area contributed by atoms with E-state index in [1.807, 2.05) is 6.07 Å². The number of anilines is 1. The fraction of sp³-hybridized carbons (Fsp3) is 0.733. The fourth-order valence-corrected chi connectivity index (χ4v) is 3.05. The van der Waals surface area contributed by atoms with Gasteiger partial charge in [-0.2, -0.15) is 5.10 Å². The molecule has 0 bridgehead atoms. The van der Waals surface area contributed by atoms with Gasteiger partial charge < -0.3 is 14.8 Å². The molecule has 0 aromatic carbocycles. The molecule has 2 fully saturated rings. The predicted octanol–water partition coefficient (Wildman–Crippen LogP) is 2.20. The SMILES string of the molecule is O=C(Nc1cc(C2CCCCCC2)[nH]n1)C1COCCO1. The van der Waals surface area contributed by atoms with Gasteiger partial charge in [0.25, 0.3) is 5.91 Å². The molecule has 2 aliphatic rings. The first-order valence-corrected chi connectivity index (χ1v) is 7.88. The van der Waals surface area contributed by atoms with Crippen molar-refractivity contribution in [1.82, 2.24) is 10.2 Å². The summed E-state index contributed by atoms with van der Waals surface area (Å²) in [6.45, 7) is 1.33. The van der Waals surface area contributed by atoms with Crippen LogP contribution in [0.25, 0.3) is 0 Å². The number of carbonyl (C=O) groups excluding carboxylic acids is 1. The Kier molecular flexibility index (Phi) is 4.87. The average molecular weight is 293 g/mol. The first kappa shape index (κ1) is 14.5. The Balaban J connectivity index is 1.57. The van der Waals surface area contributed by atoms with Crippen LogP contribution in [-0.4, -0.2) is 42.0 Å². The van der Waals surface area contributed by atoms with E-state index >= 15 is 0 Å². The van der Waals surface area contributed by atoms with Crippen molar-refractivity contribution in [3.63, 3.8) is 0 Å². The van der Waals surface area contributed by atoms with Crippen molar-refractivity contribution in [3.05, 3.63) is 11.8 Å². The fourth-order valence-electron chi connectivity index (χ4n) is 3.05. The zero-order chi connectivity index (χ0) is 14.5. The summed E-state index contributed by atoms with van der Waals surface area (Å²) in [6.07, 6.45) is 7.08. The third kappa shape index (κ3) is 3.83. The number of carbonyl (C=O) groups is 1. The van der Waals surface area contributed by atoms with Crippen LogP contribution in [0.1, 0.15) is 50.1 Å². The lowest BCUT2D eigenvalue weighted by Gasteiger charge is -2.21. The molecule has 6 heteroatoms. The summed E-state index contributed by atoms with van der Waals surface area (Å²) in [5.41, 5.74) is 1.13. The first-order valence-electron chi connectivity index (χ1n) is 7.88. The van der Waals surface area contributed by atoms with Gasteiger partial charge in [-0.3, -0.25) is 9.89 Å². The number of nitrogens with one attached hydrogen (secondary N) is 2. The molecule has 2 heterocycles. The van der Waals surface area contributed by atoms with Gasteiger partial charge in [0.05, 0.1) is 19.8 Å². The summed E-state index contributed by atoms with van der Waals surface area (Å²) < 4.78 is 10.6. The molecule has 21 heavy (non-hydrogen) atoms. The summed E-state index contributed by atoms with van der Waals surface area (Å²) in [7, 11) is 0. The molecule has 1 saturated heterocycles. The van der Waals surface area contributed by atoms with Gasteiger partial charge in [-0.15, -0.1) is 0 Å². The average Bonchev–Trinajstić information content (AvgIpc) is 2.81. The predicted molar refractivity (Wildman–Crippen MR) is 78.2 cm³/mol. The monoisotopic (exact) mass is 293 g/mol. The minimum Gasteiger partial charge on any atom is -0.376 e. The molecule has 1 amide bonds. The van der Waals surface area contributed by atoms with Crippen LogP contribution in [-0.2, 0) is 14.3 Å². The lowest BCUT2D eigenvalue weighted by Crippen LogP contribution is -2.39.